The van der Waals surface area contributed by atoms with Gasteiger partial charge in [-0.2, -0.15) is 11.8 Å². The second-order valence-corrected chi connectivity index (χ2v) is 8.25. The second kappa shape index (κ2) is 7.00. The van der Waals surface area contributed by atoms with Crippen LogP contribution in [0.15, 0.2) is 23.1 Å². The van der Waals surface area contributed by atoms with Crippen molar-refractivity contribution >= 4 is 39.4 Å². The number of hydrogen-bond donors (Lipinski definition) is 2. The first-order valence-electron chi connectivity index (χ1n) is 6.50. The third-order valence-electron chi connectivity index (χ3n) is 3.38. The van der Waals surface area contributed by atoms with Crippen LogP contribution in [0.4, 0.5) is 0 Å². The maximum Gasteiger partial charge on any atom is 0.337 e. The molecule has 1 aromatic carbocycles. The van der Waals surface area contributed by atoms with E-state index in [1.165, 1.54) is 12.1 Å². The van der Waals surface area contributed by atoms with Crippen LogP contribution >= 0.6 is 23.4 Å². The van der Waals surface area contributed by atoms with Gasteiger partial charge in [0.25, 0.3) is 0 Å². The van der Waals surface area contributed by atoms with Gasteiger partial charge in [0.1, 0.15) is 0 Å². The Labute approximate surface area is 133 Å². The van der Waals surface area contributed by atoms with E-state index in [9.17, 15) is 13.2 Å². The van der Waals surface area contributed by atoms with Gasteiger partial charge >= 0.3 is 5.97 Å². The molecule has 0 saturated carbocycles. The lowest BCUT2D eigenvalue weighted by atomic mass is 10.0. The molecule has 5 nitrogen and oxygen atoms in total. The fourth-order valence-electron chi connectivity index (χ4n) is 2.10. The molecule has 21 heavy (non-hydrogen) atoms. The molecule has 0 amide bonds. The first kappa shape index (κ1) is 16.6. The summed E-state index contributed by atoms with van der Waals surface area (Å²) in [5.74, 6) is 1.20. The van der Waals surface area contributed by atoms with Gasteiger partial charge in [-0.1, -0.05) is 11.6 Å². The molecule has 2 rings (SSSR count). The monoisotopic (exact) mass is 349 g/mol. The summed E-state index contributed by atoms with van der Waals surface area (Å²) in [5.41, 5.74) is -0.214. The van der Waals surface area contributed by atoms with Crippen molar-refractivity contribution in [2.45, 2.75) is 17.7 Å². The van der Waals surface area contributed by atoms with Gasteiger partial charge < -0.3 is 5.11 Å². The fourth-order valence-corrected chi connectivity index (χ4v) is 4.64. The van der Waals surface area contributed by atoms with Crippen molar-refractivity contribution in [2.75, 3.05) is 18.1 Å². The van der Waals surface area contributed by atoms with E-state index >= 15 is 0 Å². The smallest absolute Gasteiger partial charge is 0.337 e. The maximum atomic E-state index is 12.2. The van der Waals surface area contributed by atoms with E-state index in [2.05, 4.69) is 4.72 Å². The van der Waals surface area contributed by atoms with Crippen LogP contribution in [0.3, 0.4) is 0 Å². The van der Waals surface area contributed by atoms with Crippen molar-refractivity contribution in [1.82, 2.24) is 4.72 Å². The maximum absolute atomic E-state index is 12.2. The first-order chi connectivity index (χ1) is 9.90. The molecule has 0 spiro atoms. The average Bonchev–Trinajstić information content (AvgIpc) is 2.46. The van der Waals surface area contributed by atoms with Crippen LogP contribution in [-0.4, -0.2) is 37.5 Å². The van der Waals surface area contributed by atoms with Crippen LogP contribution in [0.2, 0.25) is 5.02 Å². The molecule has 1 heterocycles. The number of halogens is 1. The molecule has 0 bridgehead atoms. The number of benzene rings is 1. The van der Waals surface area contributed by atoms with Gasteiger partial charge in [0.05, 0.1) is 15.5 Å². The Morgan fingerprint density at radius 3 is 2.67 bits per heavy atom. The van der Waals surface area contributed by atoms with Crippen molar-refractivity contribution in [3.63, 3.8) is 0 Å². The Morgan fingerprint density at radius 2 is 2.05 bits per heavy atom. The number of thioether (sulfide) groups is 1. The normalized spacial score (nSPS) is 16.8. The zero-order chi connectivity index (χ0) is 15.5. The van der Waals surface area contributed by atoms with Crippen LogP contribution in [0.1, 0.15) is 23.2 Å². The van der Waals surface area contributed by atoms with Crippen LogP contribution in [0.5, 0.6) is 0 Å². The van der Waals surface area contributed by atoms with Crippen LogP contribution in [-0.2, 0) is 10.0 Å². The lowest BCUT2D eigenvalue weighted by Gasteiger charge is -2.21. The summed E-state index contributed by atoms with van der Waals surface area (Å²) in [5, 5.41) is 9.01. The van der Waals surface area contributed by atoms with E-state index in [0.717, 1.165) is 30.4 Å². The van der Waals surface area contributed by atoms with Gasteiger partial charge in [0.15, 0.2) is 0 Å². The molecule has 0 radical (unpaired) electrons. The summed E-state index contributed by atoms with van der Waals surface area (Å²) in [6, 6.07) is 3.69. The predicted molar refractivity (Wildman–Crippen MR) is 83.6 cm³/mol. The number of nitrogens with one attached hydrogen (secondary N) is 1. The van der Waals surface area contributed by atoms with E-state index < -0.39 is 16.0 Å². The lowest BCUT2D eigenvalue weighted by Crippen LogP contribution is -2.31. The van der Waals surface area contributed by atoms with Gasteiger partial charge in [-0.25, -0.2) is 17.9 Å². The van der Waals surface area contributed by atoms with Gasteiger partial charge in [-0.15, -0.1) is 0 Å². The molecule has 0 atom stereocenters. The molecular formula is C13H16ClNO4S2. The van der Waals surface area contributed by atoms with E-state index in [-0.39, 0.29) is 15.5 Å². The largest absolute Gasteiger partial charge is 0.478 e. The van der Waals surface area contributed by atoms with Crippen LogP contribution in [0, 0.1) is 5.92 Å². The number of carbonyl (C=O) groups is 1. The molecule has 0 unspecified atom stereocenters. The zero-order valence-electron chi connectivity index (χ0n) is 11.2. The number of hydrogen-bond acceptors (Lipinski definition) is 4. The van der Waals surface area contributed by atoms with Gasteiger partial charge in [-0.05, 0) is 48.5 Å². The van der Waals surface area contributed by atoms with Crippen molar-refractivity contribution in [3.8, 4) is 0 Å². The van der Waals surface area contributed by atoms with Crippen LogP contribution in [0.25, 0.3) is 0 Å². The molecule has 116 valence electrons. The van der Waals surface area contributed by atoms with E-state index in [1.807, 2.05) is 11.8 Å². The Morgan fingerprint density at radius 1 is 1.38 bits per heavy atom. The van der Waals surface area contributed by atoms with E-state index in [1.54, 1.807) is 0 Å². The molecule has 1 aromatic rings. The third kappa shape index (κ3) is 4.35. The van der Waals surface area contributed by atoms with Crippen molar-refractivity contribution in [2.24, 2.45) is 5.92 Å². The summed E-state index contributed by atoms with van der Waals surface area (Å²) < 4.78 is 27.0. The molecule has 0 aromatic heterocycles. The Hall–Kier alpha value is -0.760. The van der Waals surface area contributed by atoms with Crippen molar-refractivity contribution in [3.05, 3.63) is 28.8 Å². The number of carboxylic acids is 1. The number of rotatable bonds is 5. The molecule has 8 heteroatoms. The molecule has 0 aliphatic carbocycles. The molecule has 1 fully saturated rings. The highest BCUT2D eigenvalue weighted by Gasteiger charge is 2.21. The highest BCUT2D eigenvalue weighted by Crippen LogP contribution is 2.23. The van der Waals surface area contributed by atoms with Crippen molar-refractivity contribution < 1.29 is 18.3 Å². The van der Waals surface area contributed by atoms with Crippen molar-refractivity contribution in [1.29, 1.82) is 0 Å². The quantitative estimate of drug-likeness (QED) is 0.853. The third-order valence-corrected chi connectivity index (χ3v) is 6.18. The SMILES string of the molecule is O=C(O)c1cc(S(=O)(=O)NCC2CCSCC2)ccc1Cl. The van der Waals surface area contributed by atoms with Gasteiger partial charge in [0, 0.05) is 6.54 Å². The summed E-state index contributed by atoms with van der Waals surface area (Å²) >= 11 is 7.62. The standard InChI is InChI=1S/C13H16ClNO4S2/c14-12-2-1-10(7-11(12)13(16)17)21(18,19)15-8-9-3-5-20-6-4-9/h1-2,7,9,15H,3-6,8H2,(H,16,17). The number of carboxylic acid groups (broad SMARTS) is 1. The minimum absolute atomic E-state index is 0.0192. The molecular weight excluding hydrogens is 334 g/mol. The van der Waals surface area contributed by atoms with Gasteiger partial charge in [-0.3, -0.25) is 0 Å². The fraction of sp³-hybridized carbons (Fsp3) is 0.462. The molecule has 1 aliphatic rings. The Bertz CT molecular complexity index is 627. The topological polar surface area (TPSA) is 83.5 Å². The van der Waals surface area contributed by atoms with Gasteiger partial charge in [0.2, 0.25) is 10.0 Å². The predicted octanol–water partition coefficient (Wildman–Crippen LogP) is 2.46. The summed E-state index contributed by atoms with van der Waals surface area (Å²) in [7, 11) is -3.71. The summed E-state index contributed by atoms with van der Waals surface area (Å²) in [6.45, 7) is 0.383. The number of aromatic carboxylic acids is 1. The molecule has 1 saturated heterocycles. The Balaban J connectivity index is 2.11. The first-order valence-corrected chi connectivity index (χ1v) is 9.52. The Kier molecular flexibility index (Phi) is 5.54. The highest BCUT2D eigenvalue weighted by molar-refractivity contribution is 7.99. The number of sulfonamides is 1. The minimum atomic E-state index is -3.71. The second-order valence-electron chi connectivity index (χ2n) is 4.85. The van der Waals surface area contributed by atoms with Crippen LogP contribution < -0.4 is 4.72 Å². The molecule has 2 N–H and O–H groups in total. The van der Waals surface area contributed by atoms with E-state index in [0.29, 0.717) is 12.5 Å². The lowest BCUT2D eigenvalue weighted by molar-refractivity contribution is 0.0697. The molecule has 1 aliphatic heterocycles. The zero-order valence-corrected chi connectivity index (χ0v) is 13.6. The summed E-state index contributed by atoms with van der Waals surface area (Å²) in [4.78, 5) is 10.9. The average molecular weight is 350 g/mol. The minimum Gasteiger partial charge on any atom is -0.478 e. The highest BCUT2D eigenvalue weighted by atomic mass is 35.5. The van der Waals surface area contributed by atoms with E-state index in [4.69, 9.17) is 16.7 Å². The summed E-state index contributed by atoms with van der Waals surface area (Å²) in [6.07, 6.45) is 1.99.